The summed E-state index contributed by atoms with van der Waals surface area (Å²) in [5.74, 6) is 1.80. The summed E-state index contributed by atoms with van der Waals surface area (Å²) >= 11 is 1.74. The second kappa shape index (κ2) is 10.9. The Balaban J connectivity index is 0.00000338. The minimum atomic E-state index is 0. The number of nitrogens with one attached hydrogen (secondary N) is 1. The van der Waals surface area contributed by atoms with Gasteiger partial charge in [-0.15, -0.1) is 24.0 Å². The van der Waals surface area contributed by atoms with Gasteiger partial charge in [0.25, 0.3) is 0 Å². The van der Waals surface area contributed by atoms with Gasteiger partial charge in [-0.25, -0.2) is 0 Å². The Bertz CT molecular complexity index is 678. The zero-order chi connectivity index (χ0) is 18.4. The zero-order valence-electron chi connectivity index (χ0n) is 16.7. The molecule has 2 aromatic heterocycles. The molecule has 0 aliphatic rings. The number of aryl methyl sites for hydroxylation is 1. The molecule has 7 heteroatoms. The molecule has 0 saturated carbocycles. The highest BCUT2D eigenvalue weighted by Crippen LogP contribution is 2.20. The fraction of sp³-hybridized carbons (Fsp3) is 0.579. The number of thiophene rings is 1. The Morgan fingerprint density at radius 3 is 2.69 bits per heavy atom. The molecule has 0 saturated heterocycles. The first kappa shape index (κ1) is 23.0. The summed E-state index contributed by atoms with van der Waals surface area (Å²) in [7, 11) is 4.07. The molecule has 5 nitrogen and oxygen atoms in total. The number of hydrogen-bond donors (Lipinski definition) is 1. The quantitative estimate of drug-likeness (QED) is 0.356. The van der Waals surface area contributed by atoms with E-state index in [4.69, 9.17) is 4.99 Å². The Morgan fingerprint density at radius 1 is 1.38 bits per heavy atom. The number of rotatable bonds is 7. The summed E-state index contributed by atoms with van der Waals surface area (Å²) in [6.45, 7) is 11.2. The smallest absolute Gasteiger partial charge is 0.193 e. The van der Waals surface area contributed by atoms with Gasteiger partial charge >= 0.3 is 0 Å². The molecule has 0 bridgehead atoms. The van der Waals surface area contributed by atoms with Gasteiger partial charge in [-0.05, 0) is 35.2 Å². The van der Waals surface area contributed by atoms with Crippen molar-refractivity contribution < 1.29 is 0 Å². The van der Waals surface area contributed by atoms with Crippen molar-refractivity contribution in [3.63, 3.8) is 0 Å². The van der Waals surface area contributed by atoms with Gasteiger partial charge in [0.1, 0.15) is 0 Å². The first-order chi connectivity index (χ1) is 11.9. The third-order valence-electron chi connectivity index (χ3n) is 4.22. The summed E-state index contributed by atoms with van der Waals surface area (Å²) in [5.41, 5.74) is 3.79. The Hall–Kier alpha value is -1.09. The summed E-state index contributed by atoms with van der Waals surface area (Å²) in [5, 5.41) is 12.4. The van der Waals surface area contributed by atoms with E-state index in [0.717, 1.165) is 31.3 Å². The highest BCUT2D eigenvalue weighted by atomic mass is 127. The molecule has 0 aromatic carbocycles. The van der Waals surface area contributed by atoms with Crippen molar-refractivity contribution in [3.05, 3.63) is 39.8 Å². The van der Waals surface area contributed by atoms with Crippen molar-refractivity contribution in [2.24, 2.45) is 12.0 Å². The van der Waals surface area contributed by atoms with Gasteiger partial charge in [-0.3, -0.25) is 9.67 Å². The predicted molar refractivity (Wildman–Crippen MR) is 123 cm³/mol. The minimum Gasteiger partial charge on any atom is -0.357 e. The number of aliphatic imine (C=N–C) groups is 1. The number of halogens is 1. The average molecular weight is 489 g/mol. The molecule has 1 unspecified atom stereocenters. The van der Waals surface area contributed by atoms with Crippen LogP contribution >= 0.6 is 35.3 Å². The molecule has 0 aliphatic heterocycles. The molecule has 1 atom stereocenters. The number of hydrogen-bond acceptors (Lipinski definition) is 3. The van der Waals surface area contributed by atoms with E-state index in [1.165, 1.54) is 11.1 Å². The van der Waals surface area contributed by atoms with Crippen LogP contribution in [0.25, 0.3) is 0 Å². The van der Waals surface area contributed by atoms with Crippen molar-refractivity contribution >= 4 is 41.3 Å². The highest BCUT2D eigenvalue weighted by Gasteiger charge is 2.15. The van der Waals surface area contributed by atoms with Crippen LogP contribution in [0.5, 0.6) is 0 Å². The fourth-order valence-electron chi connectivity index (χ4n) is 2.85. The van der Waals surface area contributed by atoms with Gasteiger partial charge in [0.15, 0.2) is 5.96 Å². The van der Waals surface area contributed by atoms with Crippen molar-refractivity contribution in [1.82, 2.24) is 20.0 Å². The summed E-state index contributed by atoms with van der Waals surface area (Å²) in [6, 6.07) is 2.19. The highest BCUT2D eigenvalue weighted by molar-refractivity contribution is 14.0. The van der Waals surface area contributed by atoms with Crippen LogP contribution in [0.3, 0.4) is 0 Å². The van der Waals surface area contributed by atoms with Gasteiger partial charge in [-0.2, -0.15) is 16.4 Å². The monoisotopic (exact) mass is 489 g/mol. The van der Waals surface area contributed by atoms with E-state index in [0.29, 0.717) is 11.8 Å². The molecule has 2 rings (SSSR count). The number of guanidine groups is 1. The maximum atomic E-state index is 4.86. The molecule has 0 spiro atoms. The summed E-state index contributed by atoms with van der Waals surface area (Å²) < 4.78 is 1.90. The molecule has 0 radical (unpaired) electrons. The van der Waals surface area contributed by atoms with Crippen LogP contribution in [0.2, 0.25) is 0 Å². The molecular weight excluding hydrogens is 457 g/mol. The first-order valence-electron chi connectivity index (χ1n) is 8.96. The third kappa shape index (κ3) is 6.26. The van der Waals surface area contributed by atoms with Gasteiger partial charge in [0.05, 0.1) is 5.69 Å². The third-order valence-corrected chi connectivity index (χ3v) is 4.92. The molecule has 26 heavy (non-hydrogen) atoms. The largest absolute Gasteiger partial charge is 0.357 e. The molecular formula is C19H32IN5S. The molecule has 0 amide bonds. The van der Waals surface area contributed by atoms with E-state index in [1.54, 1.807) is 11.3 Å². The van der Waals surface area contributed by atoms with Crippen molar-refractivity contribution in [2.75, 3.05) is 20.1 Å². The molecule has 2 aromatic rings. The van der Waals surface area contributed by atoms with Gasteiger partial charge in [0, 0.05) is 51.4 Å². The van der Waals surface area contributed by atoms with Crippen LogP contribution in [0.1, 0.15) is 56.4 Å². The standard InChI is InChI=1S/C19H31N5S.HI/c1-7-20-19(21-10-15(4)16-8-9-25-13-16)23(5)11-17-12-24(6)22-18(17)14(2)3;/h8-9,12-15H,7,10-11H2,1-6H3,(H,20,21);1H. The van der Waals surface area contributed by atoms with Crippen LogP contribution in [0.4, 0.5) is 0 Å². The van der Waals surface area contributed by atoms with Gasteiger partial charge in [-0.1, -0.05) is 20.8 Å². The van der Waals surface area contributed by atoms with Crippen LogP contribution in [0.15, 0.2) is 28.0 Å². The lowest BCUT2D eigenvalue weighted by atomic mass is 10.1. The minimum absolute atomic E-state index is 0. The van der Waals surface area contributed by atoms with E-state index in [1.807, 2.05) is 11.7 Å². The van der Waals surface area contributed by atoms with Gasteiger partial charge in [0.2, 0.25) is 0 Å². The lowest BCUT2D eigenvalue weighted by Crippen LogP contribution is -2.38. The second-order valence-electron chi connectivity index (χ2n) is 6.88. The normalized spacial score (nSPS) is 12.8. The topological polar surface area (TPSA) is 45.5 Å². The van der Waals surface area contributed by atoms with E-state index in [2.05, 4.69) is 73.1 Å². The first-order valence-corrected chi connectivity index (χ1v) is 9.90. The summed E-state index contributed by atoms with van der Waals surface area (Å²) in [4.78, 5) is 7.04. The zero-order valence-corrected chi connectivity index (χ0v) is 19.8. The summed E-state index contributed by atoms with van der Waals surface area (Å²) in [6.07, 6.45) is 2.11. The van der Waals surface area contributed by atoms with Crippen LogP contribution in [-0.4, -0.2) is 40.8 Å². The van der Waals surface area contributed by atoms with Crippen LogP contribution in [-0.2, 0) is 13.6 Å². The Kier molecular flexibility index (Phi) is 9.63. The molecule has 0 fully saturated rings. The average Bonchev–Trinajstić information content (AvgIpc) is 3.20. The van der Waals surface area contributed by atoms with Crippen molar-refractivity contribution in [1.29, 1.82) is 0 Å². The predicted octanol–water partition coefficient (Wildman–Crippen LogP) is 4.42. The van der Waals surface area contributed by atoms with E-state index < -0.39 is 0 Å². The van der Waals surface area contributed by atoms with Crippen LogP contribution in [0, 0.1) is 0 Å². The van der Waals surface area contributed by atoms with Crippen LogP contribution < -0.4 is 5.32 Å². The maximum absolute atomic E-state index is 4.86. The fourth-order valence-corrected chi connectivity index (χ4v) is 3.63. The van der Waals surface area contributed by atoms with E-state index in [9.17, 15) is 0 Å². The molecule has 1 N–H and O–H groups in total. The van der Waals surface area contributed by atoms with Crippen molar-refractivity contribution in [3.8, 4) is 0 Å². The van der Waals surface area contributed by atoms with Gasteiger partial charge < -0.3 is 10.2 Å². The Labute approximate surface area is 178 Å². The second-order valence-corrected chi connectivity index (χ2v) is 7.66. The van der Waals surface area contributed by atoms with E-state index >= 15 is 0 Å². The molecule has 146 valence electrons. The molecule has 2 heterocycles. The lowest BCUT2D eigenvalue weighted by Gasteiger charge is -2.23. The Morgan fingerprint density at radius 2 is 2.12 bits per heavy atom. The van der Waals surface area contributed by atoms with Crippen molar-refractivity contribution in [2.45, 2.75) is 46.1 Å². The number of nitrogens with zero attached hydrogens (tertiary/aromatic N) is 4. The SMILES string of the molecule is CCNC(=NCC(C)c1ccsc1)N(C)Cc1cn(C)nc1C(C)C.I. The lowest BCUT2D eigenvalue weighted by molar-refractivity contribution is 0.472. The molecule has 0 aliphatic carbocycles. The number of aromatic nitrogens is 2. The van der Waals surface area contributed by atoms with E-state index in [-0.39, 0.29) is 24.0 Å². The maximum Gasteiger partial charge on any atom is 0.193 e.